The highest BCUT2D eigenvalue weighted by molar-refractivity contribution is 5.88. The Balaban J connectivity index is 2.42. The van der Waals surface area contributed by atoms with Gasteiger partial charge in [0.25, 0.3) is 6.43 Å². The van der Waals surface area contributed by atoms with E-state index in [0.717, 1.165) is 4.90 Å². The van der Waals surface area contributed by atoms with Crippen molar-refractivity contribution in [2.45, 2.75) is 24.8 Å². The Bertz CT molecular complexity index is 192. The molecule has 1 saturated carbocycles. The van der Waals surface area contributed by atoms with Gasteiger partial charge in [-0.05, 0) is 12.8 Å². The second kappa shape index (κ2) is 2.97. The number of likely N-dealkylation sites (N-methyl/N-ethyl adjacent to an activating group) is 1. The second-order valence-electron chi connectivity index (χ2n) is 3.23. The first-order chi connectivity index (χ1) is 5.46. The highest BCUT2D eigenvalue weighted by Crippen LogP contribution is 2.33. The Morgan fingerprint density at radius 3 is 2.50 bits per heavy atom. The van der Waals surface area contributed by atoms with Gasteiger partial charge in [-0.3, -0.25) is 4.79 Å². The fourth-order valence-electron chi connectivity index (χ4n) is 1.02. The van der Waals surface area contributed by atoms with Gasteiger partial charge < -0.3 is 10.6 Å². The summed E-state index contributed by atoms with van der Waals surface area (Å²) in [5, 5.41) is 0. The van der Waals surface area contributed by atoms with Gasteiger partial charge in [0, 0.05) is 7.05 Å². The fraction of sp³-hybridized carbons (Fsp3) is 0.857. The molecular weight excluding hydrogens is 166 g/mol. The molecule has 3 nitrogen and oxygen atoms in total. The predicted molar refractivity (Wildman–Crippen MR) is 39.8 cm³/mol. The Hall–Kier alpha value is -0.710. The molecule has 0 aromatic rings. The Morgan fingerprint density at radius 2 is 2.17 bits per heavy atom. The summed E-state index contributed by atoms with van der Waals surface area (Å²) in [7, 11) is 1.35. The van der Waals surface area contributed by atoms with E-state index in [1.54, 1.807) is 0 Å². The molecule has 0 spiro atoms. The first-order valence-corrected chi connectivity index (χ1v) is 3.78. The largest absolute Gasteiger partial charge is 0.338 e. The van der Waals surface area contributed by atoms with Gasteiger partial charge in [0.05, 0.1) is 12.1 Å². The van der Waals surface area contributed by atoms with Crippen molar-refractivity contribution in [3.63, 3.8) is 0 Å². The van der Waals surface area contributed by atoms with Crippen molar-refractivity contribution in [1.29, 1.82) is 0 Å². The van der Waals surface area contributed by atoms with Crippen LogP contribution in [0.4, 0.5) is 8.78 Å². The van der Waals surface area contributed by atoms with Crippen LogP contribution >= 0.6 is 0 Å². The third-order valence-electron chi connectivity index (χ3n) is 1.97. The lowest BCUT2D eigenvalue weighted by molar-refractivity contribution is -0.134. The van der Waals surface area contributed by atoms with Crippen LogP contribution in [-0.2, 0) is 4.79 Å². The summed E-state index contributed by atoms with van der Waals surface area (Å²) in [5.41, 5.74) is 4.70. The van der Waals surface area contributed by atoms with Crippen molar-refractivity contribution in [1.82, 2.24) is 4.90 Å². The van der Waals surface area contributed by atoms with Gasteiger partial charge in [-0.1, -0.05) is 0 Å². The lowest BCUT2D eigenvalue weighted by atomic mass is 10.2. The number of hydrogen-bond donors (Lipinski definition) is 1. The average Bonchev–Trinajstić information content (AvgIpc) is 2.66. The Kier molecular flexibility index (Phi) is 2.32. The summed E-state index contributed by atoms with van der Waals surface area (Å²) in [6.45, 7) is -0.530. The molecule has 5 heteroatoms. The smallest absolute Gasteiger partial charge is 0.255 e. The van der Waals surface area contributed by atoms with Crippen LogP contribution in [0.3, 0.4) is 0 Å². The van der Waals surface area contributed by atoms with Crippen molar-refractivity contribution in [2.75, 3.05) is 13.6 Å². The maximum absolute atomic E-state index is 11.8. The molecule has 0 aromatic carbocycles. The molecule has 0 radical (unpaired) electrons. The molecule has 0 bridgehead atoms. The van der Waals surface area contributed by atoms with Gasteiger partial charge in [-0.15, -0.1) is 0 Å². The van der Waals surface area contributed by atoms with E-state index in [9.17, 15) is 13.6 Å². The Morgan fingerprint density at radius 1 is 1.67 bits per heavy atom. The molecule has 1 aliphatic rings. The molecular formula is C7H12F2N2O. The van der Waals surface area contributed by atoms with Gasteiger partial charge in [0.1, 0.15) is 0 Å². The summed E-state index contributed by atoms with van der Waals surface area (Å²) in [5.74, 6) is -0.372. The maximum atomic E-state index is 11.8. The molecule has 0 aliphatic heterocycles. The van der Waals surface area contributed by atoms with E-state index in [1.165, 1.54) is 7.05 Å². The molecule has 1 fully saturated rings. The number of carbonyl (C=O) groups is 1. The predicted octanol–water partition coefficient (Wildman–Crippen LogP) is 0.201. The molecule has 70 valence electrons. The quantitative estimate of drug-likeness (QED) is 0.671. The van der Waals surface area contributed by atoms with E-state index in [4.69, 9.17) is 5.73 Å². The molecule has 0 saturated heterocycles. The number of amides is 1. The molecule has 0 atom stereocenters. The van der Waals surface area contributed by atoms with Crippen LogP contribution in [0.5, 0.6) is 0 Å². The standard InChI is InChI=1S/C7H12F2N2O/c1-11(4-5(8)9)6(12)7(10)2-3-7/h5H,2-4,10H2,1H3. The van der Waals surface area contributed by atoms with Crippen molar-refractivity contribution >= 4 is 5.91 Å². The molecule has 0 aromatic heterocycles. The van der Waals surface area contributed by atoms with E-state index >= 15 is 0 Å². The van der Waals surface area contributed by atoms with Gasteiger partial charge in [0.15, 0.2) is 0 Å². The first kappa shape index (κ1) is 9.38. The van der Waals surface area contributed by atoms with E-state index in [0.29, 0.717) is 12.8 Å². The number of carbonyl (C=O) groups excluding carboxylic acids is 1. The minimum absolute atomic E-state index is 0.372. The summed E-state index contributed by atoms with van der Waals surface area (Å²) in [6.07, 6.45) is -1.26. The van der Waals surface area contributed by atoms with E-state index < -0.39 is 18.5 Å². The zero-order valence-electron chi connectivity index (χ0n) is 6.89. The van der Waals surface area contributed by atoms with Gasteiger partial charge in [-0.25, -0.2) is 8.78 Å². The van der Waals surface area contributed by atoms with Crippen LogP contribution in [0, 0.1) is 0 Å². The maximum Gasteiger partial charge on any atom is 0.255 e. The third kappa shape index (κ3) is 1.91. The SMILES string of the molecule is CN(CC(F)F)C(=O)C1(N)CC1. The van der Waals surface area contributed by atoms with E-state index in [1.807, 2.05) is 0 Å². The summed E-state index contributed by atoms with van der Waals surface area (Å²) >= 11 is 0. The zero-order chi connectivity index (χ0) is 9.35. The summed E-state index contributed by atoms with van der Waals surface area (Å²) in [6, 6.07) is 0. The zero-order valence-corrected chi connectivity index (χ0v) is 6.89. The van der Waals surface area contributed by atoms with Crippen LogP contribution in [-0.4, -0.2) is 36.4 Å². The summed E-state index contributed by atoms with van der Waals surface area (Å²) < 4.78 is 23.6. The van der Waals surface area contributed by atoms with Crippen LogP contribution in [0.1, 0.15) is 12.8 Å². The minimum atomic E-state index is -2.48. The van der Waals surface area contributed by atoms with Crippen LogP contribution in [0.25, 0.3) is 0 Å². The molecule has 12 heavy (non-hydrogen) atoms. The first-order valence-electron chi connectivity index (χ1n) is 3.78. The molecule has 1 amide bonds. The molecule has 2 N–H and O–H groups in total. The molecule has 1 aliphatic carbocycles. The number of alkyl halides is 2. The highest BCUT2D eigenvalue weighted by Gasteiger charge is 2.47. The van der Waals surface area contributed by atoms with E-state index in [-0.39, 0.29) is 5.91 Å². The normalized spacial score (nSPS) is 19.4. The average molecular weight is 178 g/mol. The van der Waals surface area contributed by atoms with Crippen molar-refractivity contribution in [3.05, 3.63) is 0 Å². The highest BCUT2D eigenvalue weighted by atomic mass is 19.3. The van der Waals surface area contributed by atoms with Crippen LogP contribution in [0.2, 0.25) is 0 Å². The topological polar surface area (TPSA) is 46.3 Å². The lowest BCUT2D eigenvalue weighted by Crippen LogP contribution is -2.45. The molecule has 0 heterocycles. The summed E-state index contributed by atoms with van der Waals surface area (Å²) in [4.78, 5) is 12.2. The second-order valence-corrected chi connectivity index (χ2v) is 3.23. The number of rotatable bonds is 3. The minimum Gasteiger partial charge on any atom is -0.338 e. The van der Waals surface area contributed by atoms with Crippen LogP contribution < -0.4 is 5.73 Å². The van der Waals surface area contributed by atoms with Gasteiger partial charge >= 0.3 is 0 Å². The number of hydrogen-bond acceptors (Lipinski definition) is 2. The Labute approximate surface area is 69.5 Å². The number of halogens is 2. The monoisotopic (exact) mass is 178 g/mol. The lowest BCUT2D eigenvalue weighted by Gasteiger charge is -2.19. The fourth-order valence-corrected chi connectivity index (χ4v) is 1.02. The van der Waals surface area contributed by atoms with Crippen molar-refractivity contribution in [2.24, 2.45) is 5.73 Å². The third-order valence-corrected chi connectivity index (χ3v) is 1.97. The van der Waals surface area contributed by atoms with Crippen molar-refractivity contribution < 1.29 is 13.6 Å². The van der Waals surface area contributed by atoms with Crippen molar-refractivity contribution in [3.8, 4) is 0 Å². The number of nitrogens with zero attached hydrogens (tertiary/aromatic N) is 1. The number of nitrogens with two attached hydrogens (primary N) is 1. The van der Waals surface area contributed by atoms with E-state index in [2.05, 4.69) is 0 Å². The van der Waals surface area contributed by atoms with Gasteiger partial charge in [0.2, 0.25) is 5.91 Å². The van der Waals surface area contributed by atoms with Gasteiger partial charge in [-0.2, -0.15) is 0 Å². The molecule has 0 unspecified atom stereocenters. The molecule has 1 rings (SSSR count). The van der Waals surface area contributed by atoms with Crippen LogP contribution in [0.15, 0.2) is 0 Å².